The number of halogens is 5. The number of anilines is 1. The first-order valence-corrected chi connectivity index (χ1v) is 5.74. The molecule has 0 atom stereocenters. The summed E-state index contributed by atoms with van der Waals surface area (Å²) in [6.07, 6.45) is -5.73. The minimum atomic E-state index is -5.89. The summed E-state index contributed by atoms with van der Waals surface area (Å²) in [5.74, 6) is -7.59. The predicted molar refractivity (Wildman–Crippen MR) is 61.0 cm³/mol. The van der Waals surface area contributed by atoms with Crippen LogP contribution in [0.15, 0.2) is 18.2 Å². The molecule has 1 aliphatic rings. The van der Waals surface area contributed by atoms with Gasteiger partial charge in [-0.25, -0.2) is 0 Å². The second-order valence-electron chi connectivity index (χ2n) is 4.53. The number of rotatable bonds is 1. The molecule has 2 rings (SSSR count). The van der Waals surface area contributed by atoms with Crippen LogP contribution < -0.4 is 5.73 Å². The summed E-state index contributed by atoms with van der Waals surface area (Å²) in [4.78, 5) is 11.9. The van der Waals surface area contributed by atoms with E-state index in [0.29, 0.717) is 21.7 Å². The molecule has 0 bridgehead atoms. The average Bonchev–Trinajstić information content (AvgIpc) is 2.36. The third kappa shape index (κ3) is 2.30. The van der Waals surface area contributed by atoms with E-state index in [0.717, 1.165) is 0 Å². The molecule has 3 nitrogen and oxygen atoms in total. The molecule has 1 aliphatic heterocycles. The number of carbonyl (C=O) groups excluding carboxylic acids is 1. The number of carbonyl (C=O) groups is 1. The molecule has 1 aromatic carbocycles. The third-order valence-electron chi connectivity index (χ3n) is 3.21. The number of nitrogen functional groups attached to an aromatic ring is 1. The van der Waals surface area contributed by atoms with E-state index in [2.05, 4.69) is 0 Å². The summed E-state index contributed by atoms with van der Waals surface area (Å²) in [6, 6.07) is 4.72. The molecule has 20 heavy (non-hydrogen) atoms. The zero-order chi connectivity index (χ0) is 15.1. The van der Waals surface area contributed by atoms with E-state index < -0.39 is 18.0 Å². The molecule has 0 unspecified atom stereocenters. The number of alkyl halides is 5. The number of nitrogens with two attached hydrogens (primary N) is 1. The second kappa shape index (κ2) is 4.60. The highest BCUT2D eigenvalue weighted by atomic mass is 19.4. The van der Waals surface area contributed by atoms with Crippen LogP contribution in [0.4, 0.5) is 27.6 Å². The molecule has 1 amide bonds. The lowest BCUT2D eigenvalue weighted by Gasteiger charge is -2.32. The van der Waals surface area contributed by atoms with Crippen molar-refractivity contribution in [2.24, 2.45) is 0 Å². The van der Waals surface area contributed by atoms with Crippen LogP contribution in [-0.4, -0.2) is 29.5 Å². The van der Waals surface area contributed by atoms with Crippen molar-refractivity contribution in [3.05, 3.63) is 29.3 Å². The molecular formula is C12H11F5N2O. The minimum absolute atomic E-state index is 0.154. The number of amides is 1. The van der Waals surface area contributed by atoms with Gasteiger partial charge in [0.1, 0.15) is 0 Å². The molecule has 0 saturated carbocycles. The Morgan fingerprint density at radius 2 is 1.85 bits per heavy atom. The van der Waals surface area contributed by atoms with Crippen molar-refractivity contribution >= 4 is 11.6 Å². The standard InChI is InChI=1S/C12H11F5N2O/c13-11(14,12(15,16)17)10(20)19-5-4-8-7(6-19)2-1-3-9(8)18/h1-3H,4-6,18H2. The van der Waals surface area contributed by atoms with Crippen molar-refractivity contribution in [2.45, 2.75) is 25.1 Å². The molecule has 0 aromatic heterocycles. The van der Waals surface area contributed by atoms with Crippen LogP contribution in [0.1, 0.15) is 11.1 Å². The van der Waals surface area contributed by atoms with Gasteiger partial charge in [0, 0.05) is 18.8 Å². The van der Waals surface area contributed by atoms with Crippen molar-refractivity contribution in [1.82, 2.24) is 4.90 Å². The van der Waals surface area contributed by atoms with E-state index >= 15 is 0 Å². The highest BCUT2D eigenvalue weighted by Crippen LogP contribution is 2.38. The lowest BCUT2D eigenvalue weighted by molar-refractivity contribution is -0.274. The monoisotopic (exact) mass is 294 g/mol. The Balaban J connectivity index is 2.24. The van der Waals surface area contributed by atoms with E-state index in [1.54, 1.807) is 18.2 Å². The quantitative estimate of drug-likeness (QED) is 0.638. The molecular weight excluding hydrogens is 283 g/mol. The summed E-state index contributed by atoms with van der Waals surface area (Å²) in [7, 11) is 0. The van der Waals surface area contributed by atoms with Crippen molar-refractivity contribution in [3.63, 3.8) is 0 Å². The van der Waals surface area contributed by atoms with Gasteiger partial charge in [-0.15, -0.1) is 0 Å². The molecule has 1 heterocycles. The lowest BCUT2D eigenvalue weighted by atomic mass is 9.97. The zero-order valence-corrected chi connectivity index (χ0v) is 10.2. The SMILES string of the molecule is Nc1cccc2c1CCN(C(=O)C(F)(F)C(F)(F)F)C2. The summed E-state index contributed by atoms with van der Waals surface area (Å²) >= 11 is 0. The van der Waals surface area contributed by atoms with Crippen molar-refractivity contribution < 1.29 is 26.7 Å². The number of fused-ring (bicyclic) bond motifs is 1. The number of nitrogens with zero attached hydrogens (tertiary/aromatic N) is 1. The molecule has 0 aliphatic carbocycles. The molecule has 0 spiro atoms. The average molecular weight is 294 g/mol. The first-order valence-electron chi connectivity index (χ1n) is 5.74. The van der Waals surface area contributed by atoms with Gasteiger partial charge in [0.2, 0.25) is 0 Å². The number of benzene rings is 1. The van der Waals surface area contributed by atoms with Crippen molar-refractivity contribution in [2.75, 3.05) is 12.3 Å². The summed E-state index contributed by atoms with van der Waals surface area (Å²) in [6.45, 7) is -0.517. The van der Waals surface area contributed by atoms with Gasteiger partial charge < -0.3 is 10.6 Å². The Morgan fingerprint density at radius 3 is 2.45 bits per heavy atom. The van der Waals surface area contributed by atoms with Gasteiger partial charge in [-0.1, -0.05) is 12.1 Å². The molecule has 110 valence electrons. The van der Waals surface area contributed by atoms with Crippen LogP contribution >= 0.6 is 0 Å². The molecule has 0 saturated heterocycles. The van der Waals surface area contributed by atoms with Gasteiger partial charge in [-0.3, -0.25) is 4.79 Å². The predicted octanol–water partition coefficient (Wildman–Crippen LogP) is 2.35. The highest BCUT2D eigenvalue weighted by Gasteiger charge is 2.64. The fraction of sp³-hybridized carbons (Fsp3) is 0.417. The van der Waals surface area contributed by atoms with E-state index in [9.17, 15) is 26.7 Å². The Labute approximate surface area is 111 Å². The van der Waals surface area contributed by atoms with Crippen LogP contribution in [0.2, 0.25) is 0 Å². The highest BCUT2D eigenvalue weighted by molar-refractivity contribution is 5.84. The van der Waals surface area contributed by atoms with Crippen molar-refractivity contribution in [1.29, 1.82) is 0 Å². The smallest absolute Gasteiger partial charge is 0.398 e. The maximum absolute atomic E-state index is 13.0. The molecule has 1 aromatic rings. The van der Waals surface area contributed by atoms with E-state index in [1.165, 1.54) is 0 Å². The van der Waals surface area contributed by atoms with Gasteiger partial charge in [-0.05, 0) is 23.6 Å². The van der Waals surface area contributed by atoms with Gasteiger partial charge >= 0.3 is 18.0 Å². The number of hydrogen-bond acceptors (Lipinski definition) is 2. The fourth-order valence-electron chi connectivity index (χ4n) is 2.13. The second-order valence-corrected chi connectivity index (χ2v) is 4.53. The Morgan fingerprint density at radius 1 is 1.20 bits per heavy atom. The minimum Gasteiger partial charge on any atom is -0.398 e. The fourth-order valence-corrected chi connectivity index (χ4v) is 2.13. The maximum Gasteiger partial charge on any atom is 0.463 e. The third-order valence-corrected chi connectivity index (χ3v) is 3.21. The summed E-state index contributed by atoms with van der Waals surface area (Å²) in [5, 5.41) is 0. The maximum atomic E-state index is 13.0. The zero-order valence-electron chi connectivity index (χ0n) is 10.2. The van der Waals surface area contributed by atoms with Crippen LogP contribution in [0, 0.1) is 0 Å². The Hall–Kier alpha value is -1.86. The van der Waals surface area contributed by atoms with Crippen LogP contribution in [0.3, 0.4) is 0 Å². The van der Waals surface area contributed by atoms with Gasteiger partial charge in [0.25, 0.3) is 0 Å². The van der Waals surface area contributed by atoms with E-state index in [1.807, 2.05) is 0 Å². The van der Waals surface area contributed by atoms with E-state index in [-0.39, 0.29) is 19.5 Å². The largest absolute Gasteiger partial charge is 0.463 e. The van der Waals surface area contributed by atoms with E-state index in [4.69, 9.17) is 5.73 Å². The Kier molecular flexibility index (Phi) is 3.35. The van der Waals surface area contributed by atoms with Gasteiger partial charge in [0.15, 0.2) is 0 Å². The summed E-state index contributed by atoms with van der Waals surface area (Å²) < 4.78 is 62.6. The number of hydrogen-bond donors (Lipinski definition) is 1. The molecule has 2 N–H and O–H groups in total. The molecule has 8 heteroatoms. The summed E-state index contributed by atoms with van der Waals surface area (Å²) in [5.41, 5.74) is 7.30. The van der Waals surface area contributed by atoms with Gasteiger partial charge in [-0.2, -0.15) is 22.0 Å². The van der Waals surface area contributed by atoms with Gasteiger partial charge in [0.05, 0.1) is 0 Å². The lowest BCUT2D eigenvalue weighted by Crippen LogP contribution is -2.53. The normalized spacial score (nSPS) is 15.9. The van der Waals surface area contributed by atoms with Crippen LogP contribution in [-0.2, 0) is 17.8 Å². The Bertz CT molecular complexity index is 541. The van der Waals surface area contributed by atoms with Crippen LogP contribution in [0.25, 0.3) is 0 Å². The molecule has 0 radical (unpaired) electrons. The first kappa shape index (κ1) is 14.5. The first-order chi connectivity index (χ1) is 9.14. The molecule has 0 fully saturated rings. The topological polar surface area (TPSA) is 46.3 Å². The van der Waals surface area contributed by atoms with Crippen molar-refractivity contribution in [3.8, 4) is 0 Å². The van der Waals surface area contributed by atoms with Crippen LogP contribution in [0.5, 0.6) is 0 Å².